The molecular weight excluding hydrogens is 520 g/mol. The third-order valence-electron chi connectivity index (χ3n) is 7.02. The van der Waals surface area contributed by atoms with Crippen LogP contribution in [-0.4, -0.2) is 59.1 Å². The van der Waals surface area contributed by atoms with E-state index < -0.39 is 6.04 Å². The van der Waals surface area contributed by atoms with Gasteiger partial charge in [-0.3, -0.25) is 14.2 Å². The third-order valence-corrected chi connectivity index (χ3v) is 7.02. The van der Waals surface area contributed by atoms with E-state index in [1.807, 2.05) is 50.2 Å². The number of hydrogen-bond acceptors (Lipinski definition) is 7. The summed E-state index contributed by atoms with van der Waals surface area (Å²) in [6.07, 6.45) is 4.98. The second-order valence-corrected chi connectivity index (χ2v) is 10.1. The number of para-hydroxylation sites is 1. The summed E-state index contributed by atoms with van der Waals surface area (Å²) in [4.78, 5) is 39.9. The molecule has 1 atom stereocenters. The van der Waals surface area contributed by atoms with Gasteiger partial charge < -0.3 is 20.3 Å². The number of benzene rings is 2. The van der Waals surface area contributed by atoms with Gasteiger partial charge in [0.05, 0.1) is 17.1 Å². The van der Waals surface area contributed by atoms with Crippen molar-refractivity contribution < 1.29 is 9.90 Å². The van der Waals surface area contributed by atoms with E-state index in [4.69, 9.17) is 5.10 Å². The lowest BCUT2D eigenvalue weighted by Crippen LogP contribution is -2.29. The van der Waals surface area contributed by atoms with Gasteiger partial charge in [-0.05, 0) is 61.4 Å². The molecule has 3 N–H and O–H groups in total. The Balaban J connectivity index is 1.48. The molecule has 0 radical (unpaired) electrons. The van der Waals surface area contributed by atoms with Gasteiger partial charge >= 0.3 is 0 Å². The van der Waals surface area contributed by atoms with Crippen LogP contribution < -0.4 is 10.9 Å². The minimum absolute atomic E-state index is 0.0341. The molecule has 0 aliphatic carbocycles. The molecule has 11 nitrogen and oxygen atoms in total. The number of carbonyl (C=O) groups is 1. The predicted molar refractivity (Wildman–Crippen MR) is 157 cm³/mol. The number of aryl methyl sites for hydroxylation is 1. The number of hydrogen-bond donors (Lipinski definition) is 3. The molecule has 0 aliphatic heterocycles. The van der Waals surface area contributed by atoms with Crippen molar-refractivity contribution in [2.45, 2.75) is 19.9 Å². The first-order valence-corrected chi connectivity index (χ1v) is 13.0. The molecule has 4 aromatic heterocycles. The van der Waals surface area contributed by atoms with Crippen molar-refractivity contribution in [3.8, 4) is 22.6 Å². The Morgan fingerprint density at radius 2 is 1.88 bits per heavy atom. The summed E-state index contributed by atoms with van der Waals surface area (Å²) in [5.74, 6) is 0.726. The number of fused-ring (bicyclic) bond motifs is 2. The summed E-state index contributed by atoms with van der Waals surface area (Å²) < 4.78 is 3.22. The maximum Gasteiger partial charge on any atom is 0.282 e. The van der Waals surface area contributed by atoms with E-state index in [-0.39, 0.29) is 17.2 Å². The van der Waals surface area contributed by atoms with Crippen LogP contribution in [0.3, 0.4) is 0 Å². The molecule has 0 bridgehead atoms. The van der Waals surface area contributed by atoms with Crippen LogP contribution in [0.2, 0.25) is 0 Å². The van der Waals surface area contributed by atoms with Crippen LogP contribution >= 0.6 is 0 Å². The van der Waals surface area contributed by atoms with Gasteiger partial charge in [0, 0.05) is 37.6 Å². The molecule has 0 spiro atoms. The molecule has 2 aromatic carbocycles. The van der Waals surface area contributed by atoms with E-state index in [0.29, 0.717) is 50.6 Å². The first-order valence-electron chi connectivity index (χ1n) is 13.0. The number of carbonyl (C=O) groups excluding carboxylic acids is 1. The number of nitrogens with one attached hydrogen (secondary N) is 2. The van der Waals surface area contributed by atoms with E-state index in [0.717, 1.165) is 5.56 Å². The summed E-state index contributed by atoms with van der Waals surface area (Å²) in [6, 6.07) is 15.5. The van der Waals surface area contributed by atoms with Crippen molar-refractivity contribution in [3.05, 3.63) is 101 Å². The van der Waals surface area contributed by atoms with Crippen LogP contribution in [0.1, 0.15) is 34.7 Å². The van der Waals surface area contributed by atoms with Gasteiger partial charge in [0.1, 0.15) is 29.1 Å². The normalized spacial score (nSPS) is 12.1. The van der Waals surface area contributed by atoms with Gasteiger partial charge in [0.15, 0.2) is 5.82 Å². The summed E-state index contributed by atoms with van der Waals surface area (Å²) in [7, 11) is 3.31. The molecule has 0 saturated carbocycles. The van der Waals surface area contributed by atoms with Gasteiger partial charge in [0.25, 0.3) is 11.5 Å². The number of rotatable bonds is 6. The topological polar surface area (TPSA) is 133 Å². The first kappa shape index (κ1) is 25.8. The van der Waals surface area contributed by atoms with Crippen molar-refractivity contribution in [3.63, 3.8) is 0 Å². The van der Waals surface area contributed by atoms with Crippen LogP contribution in [-0.2, 0) is 0 Å². The Hall–Kier alpha value is -5.45. The number of phenols is 1. The largest absolute Gasteiger partial charge is 0.508 e. The number of amides is 1. The smallest absolute Gasteiger partial charge is 0.282 e. The Morgan fingerprint density at radius 1 is 1.10 bits per heavy atom. The molecular formula is C30H28N8O3. The number of aromatic nitrogens is 6. The quantitative estimate of drug-likeness (QED) is 0.282. The van der Waals surface area contributed by atoms with Crippen molar-refractivity contribution >= 4 is 28.3 Å². The van der Waals surface area contributed by atoms with Crippen LogP contribution in [0.5, 0.6) is 5.75 Å². The fourth-order valence-corrected chi connectivity index (χ4v) is 5.06. The summed E-state index contributed by atoms with van der Waals surface area (Å²) in [5, 5.41) is 19.4. The third kappa shape index (κ3) is 4.46. The molecule has 1 amide bonds. The highest BCUT2D eigenvalue weighted by molar-refractivity contribution is 6.03. The molecule has 1 unspecified atom stereocenters. The van der Waals surface area contributed by atoms with E-state index in [1.165, 1.54) is 17.3 Å². The number of nitrogens with zero attached hydrogens (tertiary/aromatic N) is 6. The average molecular weight is 549 g/mol. The highest BCUT2D eigenvalue weighted by Gasteiger charge is 2.22. The number of phenolic OH excluding ortho intramolecular Hbond substituents is 1. The SMILES string of the molecule is Cc1ccn2nc(C(C)Nc3ncnc4[nH]cc(-c5cc(O)cc(C(=O)N(C)C)c5)c34)n(-c3ccccc3)c(=O)c12. The van der Waals surface area contributed by atoms with E-state index in [1.54, 1.807) is 47.7 Å². The molecule has 0 fully saturated rings. The van der Waals surface area contributed by atoms with Crippen LogP contribution in [0, 0.1) is 6.92 Å². The van der Waals surface area contributed by atoms with Crippen LogP contribution in [0.4, 0.5) is 5.82 Å². The number of H-pyrrole nitrogens is 1. The maximum absolute atomic E-state index is 13.8. The fraction of sp³-hybridized carbons (Fsp3) is 0.167. The van der Waals surface area contributed by atoms with Crippen molar-refractivity contribution in [1.29, 1.82) is 0 Å². The van der Waals surface area contributed by atoms with Crippen molar-refractivity contribution in [2.75, 3.05) is 19.4 Å². The van der Waals surface area contributed by atoms with Crippen LogP contribution in [0.25, 0.3) is 33.4 Å². The van der Waals surface area contributed by atoms with Crippen molar-refractivity contribution in [2.24, 2.45) is 0 Å². The lowest BCUT2D eigenvalue weighted by Gasteiger charge is -2.20. The molecule has 206 valence electrons. The number of aromatic hydroxyl groups is 1. The van der Waals surface area contributed by atoms with Gasteiger partial charge in [-0.2, -0.15) is 5.10 Å². The standard InChI is InChI=1S/C30H28N8O3/c1-17-10-11-37-25(17)30(41)38(21-8-6-5-7-9-21)28(35-37)18(2)34-27-24-23(15-31-26(24)32-16-33-27)19-12-20(14-22(39)13-19)29(40)36(3)4/h5-16,18,39H,1-4H3,(H2,31,32,33,34). The molecule has 11 heteroatoms. The van der Waals surface area contributed by atoms with Gasteiger partial charge in [-0.25, -0.2) is 14.5 Å². The molecule has 4 heterocycles. The number of aromatic amines is 1. The molecule has 6 rings (SSSR count). The zero-order valence-electron chi connectivity index (χ0n) is 23.0. The zero-order valence-corrected chi connectivity index (χ0v) is 23.0. The Morgan fingerprint density at radius 3 is 2.63 bits per heavy atom. The lowest BCUT2D eigenvalue weighted by molar-refractivity contribution is 0.0827. The predicted octanol–water partition coefficient (Wildman–Crippen LogP) is 4.31. The second kappa shape index (κ2) is 9.94. The monoisotopic (exact) mass is 548 g/mol. The lowest BCUT2D eigenvalue weighted by atomic mass is 10.0. The van der Waals surface area contributed by atoms with E-state index in [9.17, 15) is 14.7 Å². The Bertz CT molecular complexity index is 1990. The molecule has 41 heavy (non-hydrogen) atoms. The van der Waals surface area contributed by atoms with Gasteiger partial charge in [-0.1, -0.05) is 18.2 Å². The Labute approximate surface area is 234 Å². The second-order valence-electron chi connectivity index (χ2n) is 10.1. The maximum atomic E-state index is 13.8. The van der Waals surface area contributed by atoms with Crippen molar-refractivity contribution in [1.82, 2.24) is 34.0 Å². The highest BCUT2D eigenvalue weighted by atomic mass is 16.3. The summed E-state index contributed by atoms with van der Waals surface area (Å²) in [6.45, 7) is 3.80. The fourth-order valence-electron chi connectivity index (χ4n) is 5.06. The minimum Gasteiger partial charge on any atom is -0.508 e. The van der Waals surface area contributed by atoms with Gasteiger partial charge in [0.2, 0.25) is 0 Å². The van der Waals surface area contributed by atoms with E-state index >= 15 is 0 Å². The molecule has 0 saturated heterocycles. The molecule has 6 aromatic rings. The molecule has 0 aliphatic rings. The average Bonchev–Trinajstić information content (AvgIpc) is 3.57. The zero-order chi connectivity index (χ0) is 28.8. The number of anilines is 1. The minimum atomic E-state index is -0.467. The highest BCUT2D eigenvalue weighted by Crippen LogP contribution is 2.35. The first-order chi connectivity index (χ1) is 19.7. The van der Waals surface area contributed by atoms with Gasteiger partial charge in [-0.15, -0.1) is 0 Å². The van der Waals surface area contributed by atoms with Crippen LogP contribution in [0.15, 0.2) is 78.1 Å². The summed E-state index contributed by atoms with van der Waals surface area (Å²) >= 11 is 0. The summed E-state index contributed by atoms with van der Waals surface area (Å²) in [5.41, 5.74) is 4.11. The van der Waals surface area contributed by atoms with E-state index in [2.05, 4.69) is 20.3 Å². The Kier molecular flexibility index (Phi) is 6.26.